The molecule has 0 spiro atoms. The van der Waals surface area contributed by atoms with Crippen LogP contribution >= 0.6 is 0 Å². The Morgan fingerprint density at radius 1 is 1.50 bits per heavy atom. The van der Waals surface area contributed by atoms with Gasteiger partial charge in [0, 0.05) is 12.3 Å². The Morgan fingerprint density at radius 3 is 2.36 bits per heavy atom. The second-order valence-corrected chi connectivity index (χ2v) is 4.20. The maximum absolute atomic E-state index is 11.6. The molecule has 1 fully saturated rings. The van der Waals surface area contributed by atoms with Crippen LogP contribution in [-0.2, 0) is 9.59 Å². The SMILES string of the molecule is CC1CC(=O)N([C@@H](CO)C(C)C)C1=O. The summed E-state index contributed by atoms with van der Waals surface area (Å²) in [7, 11) is 0. The Balaban J connectivity index is 2.85. The predicted molar refractivity (Wildman–Crippen MR) is 51.3 cm³/mol. The number of aliphatic hydroxyl groups excluding tert-OH is 1. The third kappa shape index (κ3) is 1.80. The number of rotatable bonds is 3. The zero-order valence-corrected chi connectivity index (χ0v) is 8.86. The Morgan fingerprint density at radius 2 is 2.07 bits per heavy atom. The van der Waals surface area contributed by atoms with Gasteiger partial charge in [0.25, 0.3) is 0 Å². The summed E-state index contributed by atoms with van der Waals surface area (Å²) >= 11 is 0. The lowest BCUT2D eigenvalue weighted by Gasteiger charge is -2.27. The van der Waals surface area contributed by atoms with E-state index in [-0.39, 0.29) is 42.7 Å². The molecular formula is C10H17NO3. The summed E-state index contributed by atoms with van der Waals surface area (Å²) in [4.78, 5) is 24.3. The minimum Gasteiger partial charge on any atom is -0.394 e. The molecule has 2 atom stereocenters. The van der Waals surface area contributed by atoms with Crippen molar-refractivity contribution in [1.82, 2.24) is 4.90 Å². The van der Waals surface area contributed by atoms with Gasteiger partial charge in [0.2, 0.25) is 11.8 Å². The molecule has 0 radical (unpaired) electrons. The monoisotopic (exact) mass is 199 g/mol. The van der Waals surface area contributed by atoms with E-state index in [0.717, 1.165) is 0 Å². The van der Waals surface area contributed by atoms with E-state index in [1.165, 1.54) is 4.90 Å². The first-order valence-corrected chi connectivity index (χ1v) is 4.95. The minimum atomic E-state index is -0.361. The first-order chi connectivity index (χ1) is 6.49. The highest BCUT2D eigenvalue weighted by Crippen LogP contribution is 2.24. The predicted octanol–water partition coefficient (Wildman–Crippen LogP) is 0.398. The third-order valence-corrected chi connectivity index (χ3v) is 2.70. The van der Waals surface area contributed by atoms with Crippen molar-refractivity contribution in [2.45, 2.75) is 33.2 Å². The molecule has 0 aliphatic carbocycles. The molecule has 4 nitrogen and oxygen atoms in total. The number of carbonyl (C=O) groups excluding carboxylic acids is 2. The van der Waals surface area contributed by atoms with Crippen LogP contribution in [0.5, 0.6) is 0 Å². The molecule has 2 amide bonds. The number of imide groups is 1. The molecule has 0 aromatic heterocycles. The van der Waals surface area contributed by atoms with E-state index in [4.69, 9.17) is 5.11 Å². The summed E-state index contributed by atoms with van der Waals surface area (Å²) in [5.41, 5.74) is 0. The van der Waals surface area contributed by atoms with Crippen LogP contribution in [0.15, 0.2) is 0 Å². The van der Waals surface area contributed by atoms with E-state index in [1.807, 2.05) is 13.8 Å². The van der Waals surface area contributed by atoms with Crippen LogP contribution in [0.3, 0.4) is 0 Å². The van der Waals surface area contributed by atoms with Gasteiger partial charge in [-0.3, -0.25) is 14.5 Å². The molecule has 14 heavy (non-hydrogen) atoms. The van der Waals surface area contributed by atoms with Gasteiger partial charge in [0.15, 0.2) is 0 Å². The largest absolute Gasteiger partial charge is 0.394 e. The quantitative estimate of drug-likeness (QED) is 0.669. The molecule has 1 rings (SSSR count). The molecule has 1 aliphatic heterocycles. The van der Waals surface area contributed by atoms with Crippen LogP contribution in [0, 0.1) is 11.8 Å². The van der Waals surface area contributed by atoms with E-state index < -0.39 is 0 Å². The maximum Gasteiger partial charge on any atom is 0.232 e. The Labute approximate surface area is 83.9 Å². The first-order valence-electron chi connectivity index (χ1n) is 4.95. The topological polar surface area (TPSA) is 57.6 Å². The normalized spacial score (nSPS) is 24.9. The van der Waals surface area contributed by atoms with Gasteiger partial charge in [-0.1, -0.05) is 20.8 Å². The van der Waals surface area contributed by atoms with Crippen LogP contribution < -0.4 is 0 Å². The maximum atomic E-state index is 11.6. The van der Waals surface area contributed by atoms with Crippen molar-refractivity contribution in [3.05, 3.63) is 0 Å². The molecule has 1 unspecified atom stereocenters. The second kappa shape index (κ2) is 4.09. The average molecular weight is 199 g/mol. The number of aliphatic hydroxyl groups is 1. The summed E-state index contributed by atoms with van der Waals surface area (Å²) < 4.78 is 0. The molecule has 1 saturated heterocycles. The van der Waals surface area contributed by atoms with Gasteiger partial charge in [0.1, 0.15) is 0 Å². The highest BCUT2D eigenvalue weighted by Gasteiger charge is 2.40. The average Bonchev–Trinajstić information content (AvgIpc) is 2.32. The fourth-order valence-electron chi connectivity index (χ4n) is 1.75. The van der Waals surface area contributed by atoms with Gasteiger partial charge < -0.3 is 5.11 Å². The highest BCUT2D eigenvalue weighted by molar-refractivity contribution is 6.03. The number of amides is 2. The summed E-state index contributed by atoms with van der Waals surface area (Å²) in [5, 5.41) is 9.13. The summed E-state index contributed by atoms with van der Waals surface area (Å²) in [6.07, 6.45) is 0.280. The number of hydrogen-bond donors (Lipinski definition) is 1. The van der Waals surface area contributed by atoms with E-state index in [1.54, 1.807) is 6.92 Å². The molecule has 0 aromatic carbocycles. The van der Waals surface area contributed by atoms with Gasteiger partial charge in [0.05, 0.1) is 12.6 Å². The van der Waals surface area contributed by atoms with Crippen LogP contribution in [0.1, 0.15) is 27.2 Å². The third-order valence-electron chi connectivity index (χ3n) is 2.70. The minimum absolute atomic E-state index is 0.0956. The lowest BCUT2D eigenvalue weighted by atomic mass is 10.0. The van der Waals surface area contributed by atoms with Gasteiger partial charge in [-0.25, -0.2) is 0 Å². The van der Waals surface area contributed by atoms with Crippen molar-refractivity contribution in [2.24, 2.45) is 11.8 Å². The lowest BCUT2D eigenvalue weighted by Crippen LogP contribution is -2.45. The molecular weight excluding hydrogens is 182 g/mol. The van der Waals surface area contributed by atoms with Crippen LogP contribution in [0.4, 0.5) is 0 Å². The molecule has 4 heteroatoms. The molecule has 1 N–H and O–H groups in total. The van der Waals surface area contributed by atoms with E-state index in [2.05, 4.69) is 0 Å². The van der Waals surface area contributed by atoms with Crippen molar-refractivity contribution in [3.8, 4) is 0 Å². The number of nitrogens with zero attached hydrogens (tertiary/aromatic N) is 1. The van der Waals surface area contributed by atoms with E-state index in [9.17, 15) is 9.59 Å². The van der Waals surface area contributed by atoms with Gasteiger partial charge in [-0.15, -0.1) is 0 Å². The zero-order chi connectivity index (χ0) is 10.9. The number of carbonyl (C=O) groups is 2. The molecule has 0 aromatic rings. The van der Waals surface area contributed by atoms with Crippen molar-refractivity contribution >= 4 is 11.8 Å². The Hall–Kier alpha value is -0.900. The van der Waals surface area contributed by atoms with Crippen LogP contribution in [-0.4, -0.2) is 34.5 Å². The number of likely N-dealkylation sites (tertiary alicyclic amines) is 1. The van der Waals surface area contributed by atoms with Crippen molar-refractivity contribution < 1.29 is 14.7 Å². The van der Waals surface area contributed by atoms with Crippen LogP contribution in [0.2, 0.25) is 0 Å². The van der Waals surface area contributed by atoms with Crippen molar-refractivity contribution in [3.63, 3.8) is 0 Å². The smallest absolute Gasteiger partial charge is 0.232 e. The van der Waals surface area contributed by atoms with E-state index >= 15 is 0 Å². The van der Waals surface area contributed by atoms with E-state index in [0.29, 0.717) is 0 Å². The molecule has 1 heterocycles. The zero-order valence-electron chi connectivity index (χ0n) is 8.86. The second-order valence-electron chi connectivity index (χ2n) is 4.20. The van der Waals surface area contributed by atoms with Gasteiger partial charge in [-0.05, 0) is 5.92 Å². The lowest BCUT2D eigenvalue weighted by molar-refractivity contribution is -0.144. The standard InChI is InChI=1S/C10H17NO3/c1-6(2)8(5-12)11-9(13)4-7(3)10(11)14/h6-8,12H,4-5H2,1-3H3/t7?,8-/m0/s1. The van der Waals surface area contributed by atoms with Crippen LogP contribution in [0.25, 0.3) is 0 Å². The fourth-order valence-corrected chi connectivity index (χ4v) is 1.75. The molecule has 0 saturated carbocycles. The fraction of sp³-hybridized carbons (Fsp3) is 0.800. The Kier molecular flexibility index (Phi) is 3.26. The molecule has 0 bridgehead atoms. The molecule has 80 valence electrons. The summed E-state index contributed by atoms with van der Waals surface area (Å²) in [5.74, 6) is -0.438. The number of hydrogen-bond acceptors (Lipinski definition) is 3. The van der Waals surface area contributed by atoms with Crippen molar-refractivity contribution in [2.75, 3.05) is 6.61 Å². The highest BCUT2D eigenvalue weighted by atomic mass is 16.3. The van der Waals surface area contributed by atoms with Gasteiger partial charge >= 0.3 is 0 Å². The molecule has 1 aliphatic rings. The summed E-state index contributed by atoms with van der Waals surface area (Å²) in [6.45, 7) is 5.38. The summed E-state index contributed by atoms with van der Waals surface area (Å²) in [6, 6.07) is -0.361. The van der Waals surface area contributed by atoms with Crippen molar-refractivity contribution in [1.29, 1.82) is 0 Å². The Bertz CT molecular complexity index is 250. The van der Waals surface area contributed by atoms with Gasteiger partial charge in [-0.2, -0.15) is 0 Å². The first kappa shape index (κ1) is 11.2.